The molecule has 0 saturated carbocycles. The molecule has 2 heterocycles. The van der Waals surface area contributed by atoms with Crippen LogP contribution < -0.4 is 5.73 Å². The number of halogens is 4. The third-order valence-electron chi connectivity index (χ3n) is 4.28. The molecule has 3 rings (SSSR count). The molecule has 0 unspecified atom stereocenters. The van der Waals surface area contributed by atoms with Gasteiger partial charge in [-0.2, -0.15) is 14.6 Å². The first-order chi connectivity index (χ1) is 11.8. The van der Waals surface area contributed by atoms with Gasteiger partial charge in [0.1, 0.15) is 29.6 Å². The molecule has 0 aliphatic heterocycles. The Morgan fingerprint density at radius 1 is 1.16 bits per heavy atom. The van der Waals surface area contributed by atoms with Gasteiger partial charge in [0, 0.05) is 23.9 Å². The molecule has 9 heteroatoms. The number of alkyl halides is 1. The standard InChI is InChI=1S/C16H15ClF3N5/c1-7(5-17)8(2)14-13(12-10(19)3-9(18)4-11(12)20)15(21)25-16(24-14)22-6-23-25/h3-4,6-8H,5,21H2,1-2H3/t7-,8+/m0/s1. The van der Waals surface area contributed by atoms with Gasteiger partial charge >= 0.3 is 0 Å². The number of anilines is 1. The quantitative estimate of drug-likeness (QED) is 0.711. The SMILES string of the molecule is C[C@@H](CCl)[C@@H](C)c1nc2ncnn2c(N)c1-c1c(F)cc(F)cc1F. The molecule has 3 aromatic rings. The number of hydrogen-bond donors (Lipinski definition) is 1. The normalized spacial score (nSPS) is 14.0. The molecule has 25 heavy (non-hydrogen) atoms. The Hall–Kier alpha value is -2.35. The average molecular weight is 370 g/mol. The lowest BCUT2D eigenvalue weighted by atomic mass is 9.88. The van der Waals surface area contributed by atoms with Gasteiger partial charge in [0.25, 0.3) is 5.78 Å². The van der Waals surface area contributed by atoms with Gasteiger partial charge in [0.15, 0.2) is 0 Å². The third-order valence-corrected chi connectivity index (χ3v) is 4.76. The fourth-order valence-corrected chi connectivity index (χ4v) is 2.92. The highest BCUT2D eigenvalue weighted by atomic mass is 35.5. The maximum Gasteiger partial charge on any atom is 0.254 e. The van der Waals surface area contributed by atoms with Crippen LogP contribution in [0.4, 0.5) is 19.0 Å². The zero-order valence-corrected chi connectivity index (χ0v) is 14.2. The van der Waals surface area contributed by atoms with Crippen LogP contribution in [-0.2, 0) is 0 Å². The van der Waals surface area contributed by atoms with Gasteiger partial charge in [0.05, 0.1) is 16.8 Å². The Labute approximate surface area is 146 Å². The van der Waals surface area contributed by atoms with Crippen molar-refractivity contribution >= 4 is 23.2 Å². The van der Waals surface area contributed by atoms with E-state index in [1.54, 1.807) is 0 Å². The van der Waals surface area contributed by atoms with Crippen LogP contribution >= 0.6 is 11.6 Å². The number of hydrogen-bond acceptors (Lipinski definition) is 4. The van der Waals surface area contributed by atoms with Crippen molar-refractivity contribution in [3.05, 3.63) is 41.6 Å². The molecule has 1 aromatic carbocycles. The first-order valence-electron chi connectivity index (χ1n) is 7.55. The third kappa shape index (κ3) is 2.90. The minimum atomic E-state index is -1.07. The summed E-state index contributed by atoms with van der Waals surface area (Å²) in [6, 6.07) is 1.20. The average Bonchev–Trinajstić information content (AvgIpc) is 3.03. The van der Waals surface area contributed by atoms with E-state index in [4.69, 9.17) is 17.3 Å². The minimum Gasteiger partial charge on any atom is -0.383 e. The number of fused-ring (bicyclic) bond motifs is 1. The Bertz CT molecular complexity index is 920. The van der Waals surface area contributed by atoms with Crippen LogP contribution in [0.3, 0.4) is 0 Å². The summed E-state index contributed by atoms with van der Waals surface area (Å²) in [5.74, 6) is -3.01. The number of nitrogens with two attached hydrogens (primary N) is 1. The van der Waals surface area contributed by atoms with E-state index in [2.05, 4.69) is 15.1 Å². The molecule has 0 saturated heterocycles. The van der Waals surface area contributed by atoms with Crippen molar-refractivity contribution in [1.29, 1.82) is 0 Å². The van der Waals surface area contributed by atoms with Gasteiger partial charge in [-0.1, -0.05) is 13.8 Å². The summed E-state index contributed by atoms with van der Waals surface area (Å²) in [5, 5.41) is 3.92. The van der Waals surface area contributed by atoms with E-state index in [1.165, 1.54) is 10.8 Å². The van der Waals surface area contributed by atoms with Gasteiger partial charge in [-0.3, -0.25) is 0 Å². The molecular formula is C16H15ClF3N5. The molecular weight excluding hydrogens is 355 g/mol. The summed E-state index contributed by atoms with van der Waals surface area (Å²) in [6.07, 6.45) is 1.24. The van der Waals surface area contributed by atoms with Crippen molar-refractivity contribution in [2.75, 3.05) is 11.6 Å². The van der Waals surface area contributed by atoms with E-state index >= 15 is 0 Å². The smallest absolute Gasteiger partial charge is 0.254 e. The highest BCUT2D eigenvalue weighted by Gasteiger charge is 2.27. The zero-order valence-electron chi connectivity index (χ0n) is 13.5. The predicted octanol–water partition coefficient (Wildman–Crippen LogP) is 3.77. The second-order valence-electron chi connectivity index (χ2n) is 5.89. The fourth-order valence-electron chi connectivity index (χ4n) is 2.65. The van der Waals surface area contributed by atoms with Gasteiger partial charge in [-0.05, 0) is 5.92 Å². The molecule has 2 aromatic heterocycles. The highest BCUT2D eigenvalue weighted by Crippen LogP contribution is 2.39. The van der Waals surface area contributed by atoms with Crippen molar-refractivity contribution in [2.45, 2.75) is 19.8 Å². The van der Waals surface area contributed by atoms with E-state index in [9.17, 15) is 13.2 Å². The summed E-state index contributed by atoms with van der Waals surface area (Å²) >= 11 is 5.93. The maximum atomic E-state index is 14.4. The second kappa shape index (κ2) is 6.51. The van der Waals surface area contributed by atoms with Gasteiger partial charge in [-0.25, -0.2) is 18.2 Å². The number of nitrogen functional groups attached to an aromatic ring is 1. The maximum absolute atomic E-state index is 14.4. The van der Waals surface area contributed by atoms with E-state index in [1.807, 2.05) is 13.8 Å². The molecule has 132 valence electrons. The topological polar surface area (TPSA) is 69.1 Å². The summed E-state index contributed by atoms with van der Waals surface area (Å²) in [5.41, 5.74) is 6.02. The lowest BCUT2D eigenvalue weighted by Gasteiger charge is -2.22. The van der Waals surface area contributed by atoms with Crippen molar-refractivity contribution in [2.24, 2.45) is 5.92 Å². The van der Waals surface area contributed by atoms with Crippen LogP contribution in [-0.4, -0.2) is 25.5 Å². The lowest BCUT2D eigenvalue weighted by molar-refractivity contribution is 0.526. The molecule has 5 nitrogen and oxygen atoms in total. The van der Waals surface area contributed by atoms with Crippen molar-refractivity contribution in [1.82, 2.24) is 19.6 Å². The molecule has 2 N–H and O–H groups in total. The second-order valence-corrected chi connectivity index (χ2v) is 6.20. The predicted molar refractivity (Wildman–Crippen MR) is 88.8 cm³/mol. The molecule has 2 atom stereocenters. The molecule has 0 aliphatic rings. The molecule has 0 bridgehead atoms. The minimum absolute atomic E-state index is 0.0254. The van der Waals surface area contributed by atoms with Crippen LogP contribution in [0.25, 0.3) is 16.9 Å². The zero-order chi connectivity index (χ0) is 18.3. The number of nitrogens with zero attached hydrogens (tertiary/aromatic N) is 4. The molecule has 0 amide bonds. The van der Waals surface area contributed by atoms with E-state index < -0.39 is 23.0 Å². The number of benzene rings is 1. The molecule has 0 spiro atoms. The Morgan fingerprint density at radius 3 is 2.40 bits per heavy atom. The molecule has 0 fully saturated rings. The van der Waals surface area contributed by atoms with Crippen LogP contribution in [0.15, 0.2) is 18.5 Å². The first-order valence-corrected chi connectivity index (χ1v) is 8.08. The van der Waals surface area contributed by atoms with E-state index in [0.29, 0.717) is 23.7 Å². The van der Waals surface area contributed by atoms with Crippen molar-refractivity contribution in [3.8, 4) is 11.1 Å². The fraction of sp³-hybridized carbons (Fsp3) is 0.312. The highest BCUT2D eigenvalue weighted by molar-refractivity contribution is 6.18. The Morgan fingerprint density at radius 2 is 1.80 bits per heavy atom. The first kappa shape index (κ1) is 17.5. The number of rotatable bonds is 4. The molecule has 0 radical (unpaired) electrons. The Kier molecular flexibility index (Phi) is 4.55. The van der Waals surface area contributed by atoms with Crippen LogP contribution in [0.2, 0.25) is 0 Å². The van der Waals surface area contributed by atoms with Crippen molar-refractivity contribution in [3.63, 3.8) is 0 Å². The monoisotopic (exact) mass is 369 g/mol. The van der Waals surface area contributed by atoms with Gasteiger partial charge in [-0.15, -0.1) is 11.6 Å². The van der Waals surface area contributed by atoms with Gasteiger partial charge in [0.2, 0.25) is 0 Å². The number of aromatic nitrogens is 4. The van der Waals surface area contributed by atoms with Crippen LogP contribution in [0.1, 0.15) is 25.5 Å². The summed E-state index contributed by atoms with van der Waals surface area (Å²) in [6.45, 7) is 3.70. The molecule has 0 aliphatic carbocycles. The lowest BCUT2D eigenvalue weighted by Crippen LogP contribution is -2.16. The van der Waals surface area contributed by atoms with E-state index in [0.717, 1.165) is 0 Å². The van der Waals surface area contributed by atoms with Crippen LogP contribution in [0, 0.1) is 23.4 Å². The Balaban J connectivity index is 2.38. The van der Waals surface area contributed by atoms with Crippen molar-refractivity contribution < 1.29 is 13.2 Å². The van der Waals surface area contributed by atoms with E-state index in [-0.39, 0.29) is 29.0 Å². The van der Waals surface area contributed by atoms with Gasteiger partial charge < -0.3 is 5.73 Å². The summed E-state index contributed by atoms with van der Waals surface area (Å²) in [7, 11) is 0. The summed E-state index contributed by atoms with van der Waals surface area (Å²) in [4.78, 5) is 8.35. The largest absolute Gasteiger partial charge is 0.383 e. The summed E-state index contributed by atoms with van der Waals surface area (Å²) < 4.78 is 43.3. The van der Waals surface area contributed by atoms with Crippen LogP contribution in [0.5, 0.6) is 0 Å².